The Bertz CT molecular complexity index is 1390. The van der Waals surface area contributed by atoms with Crippen molar-refractivity contribution in [3.63, 3.8) is 0 Å². The average Bonchev–Trinajstić information content (AvgIpc) is 2.86. The lowest BCUT2D eigenvalue weighted by Crippen LogP contribution is -2.20. The highest BCUT2D eigenvalue weighted by Crippen LogP contribution is 2.38. The van der Waals surface area contributed by atoms with Gasteiger partial charge in [0.05, 0.1) is 26.8 Å². The fourth-order valence-corrected chi connectivity index (χ4v) is 3.87. The summed E-state index contributed by atoms with van der Waals surface area (Å²) in [6.45, 7) is 0. The number of rotatable bonds is 7. The maximum absolute atomic E-state index is 6.07. The van der Waals surface area contributed by atoms with E-state index in [2.05, 4.69) is 20.6 Å². The normalized spacial score (nSPS) is 10.9. The molecule has 1 aromatic heterocycles. The fraction of sp³-hybridized carbons (Fsp3) is 0.115. The molecule has 7 nitrogen and oxygen atoms in total. The molecule has 178 valence electrons. The zero-order valence-electron chi connectivity index (χ0n) is 19.3. The Balaban J connectivity index is 1.64. The summed E-state index contributed by atoms with van der Waals surface area (Å²) in [5.41, 5.74) is 2.39. The maximum atomic E-state index is 6.07. The van der Waals surface area contributed by atoms with Gasteiger partial charge in [-0.15, -0.1) is 0 Å². The Hall–Kier alpha value is -3.88. The Kier molecular flexibility index (Phi) is 7.64. The van der Waals surface area contributed by atoms with Crippen LogP contribution in [-0.4, -0.2) is 36.4 Å². The summed E-state index contributed by atoms with van der Waals surface area (Å²) in [6, 6.07) is 18.7. The molecule has 0 aliphatic carbocycles. The van der Waals surface area contributed by atoms with Gasteiger partial charge in [0.2, 0.25) is 5.75 Å². The third kappa shape index (κ3) is 5.79. The summed E-state index contributed by atoms with van der Waals surface area (Å²) >= 11 is 11.6. The smallest absolute Gasteiger partial charge is 0.203 e. The minimum Gasteiger partial charge on any atom is -0.493 e. The van der Waals surface area contributed by atoms with Crippen LogP contribution >= 0.6 is 23.8 Å². The molecule has 35 heavy (non-hydrogen) atoms. The van der Waals surface area contributed by atoms with E-state index in [-0.39, 0.29) is 0 Å². The van der Waals surface area contributed by atoms with Crippen LogP contribution in [0.2, 0.25) is 5.02 Å². The van der Waals surface area contributed by atoms with Gasteiger partial charge in [0, 0.05) is 16.1 Å². The molecule has 0 spiro atoms. The quantitative estimate of drug-likeness (QED) is 0.283. The van der Waals surface area contributed by atoms with Gasteiger partial charge in [-0.05, 0) is 66.3 Å². The van der Waals surface area contributed by atoms with Crippen LogP contribution in [0.1, 0.15) is 11.4 Å². The van der Waals surface area contributed by atoms with Crippen LogP contribution in [0.5, 0.6) is 17.2 Å². The van der Waals surface area contributed by atoms with Crippen molar-refractivity contribution in [1.29, 1.82) is 0 Å². The van der Waals surface area contributed by atoms with E-state index in [1.54, 1.807) is 33.5 Å². The summed E-state index contributed by atoms with van der Waals surface area (Å²) in [7, 11) is 4.73. The number of ether oxygens (including phenoxy) is 3. The molecule has 0 amide bonds. The van der Waals surface area contributed by atoms with Gasteiger partial charge < -0.3 is 24.8 Å². The molecule has 0 aliphatic heterocycles. The first-order valence-corrected chi connectivity index (χ1v) is 11.4. The van der Waals surface area contributed by atoms with Gasteiger partial charge in [-0.2, -0.15) is 0 Å². The summed E-state index contributed by atoms with van der Waals surface area (Å²) in [6.07, 6.45) is 3.69. The van der Waals surface area contributed by atoms with Crippen molar-refractivity contribution >= 4 is 63.5 Å². The standard InChI is InChI=1S/C26H23ClN4O3S/c1-32-21-13-16(14-22(33-2)24(21)34-3)11-12-23-29-20-10-5-4-9-19(20)25(30-23)31-26(35)28-18-8-6-7-17(27)15-18/h4-15H,1-3H3,(H2,28,29,30,31,35)/b12-11+. The van der Waals surface area contributed by atoms with E-state index < -0.39 is 0 Å². The van der Waals surface area contributed by atoms with Crippen molar-refractivity contribution in [2.45, 2.75) is 0 Å². The number of benzene rings is 3. The molecule has 0 saturated carbocycles. The predicted molar refractivity (Wildman–Crippen MR) is 146 cm³/mol. The molecular formula is C26H23ClN4O3S. The van der Waals surface area contributed by atoms with Crippen molar-refractivity contribution in [2.75, 3.05) is 32.0 Å². The monoisotopic (exact) mass is 506 g/mol. The van der Waals surface area contributed by atoms with Gasteiger partial charge in [-0.3, -0.25) is 0 Å². The highest BCUT2D eigenvalue weighted by Gasteiger charge is 2.13. The second-order valence-electron chi connectivity index (χ2n) is 7.33. The molecule has 0 unspecified atom stereocenters. The molecule has 9 heteroatoms. The Morgan fingerprint density at radius 3 is 2.29 bits per heavy atom. The molecule has 1 heterocycles. The second-order valence-corrected chi connectivity index (χ2v) is 8.17. The van der Waals surface area contributed by atoms with E-state index in [0.29, 0.717) is 39.0 Å². The minimum absolute atomic E-state index is 0.385. The number of anilines is 2. The number of nitrogens with one attached hydrogen (secondary N) is 2. The number of methoxy groups -OCH3 is 3. The van der Waals surface area contributed by atoms with Crippen molar-refractivity contribution in [2.24, 2.45) is 0 Å². The van der Waals surface area contributed by atoms with Crippen LogP contribution in [0.3, 0.4) is 0 Å². The highest BCUT2D eigenvalue weighted by atomic mass is 35.5. The molecule has 2 N–H and O–H groups in total. The van der Waals surface area contributed by atoms with Gasteiger partial charge in [0.15, 0.2) is 22.4 Å². The van der Waals surface area contributed by atoms with Crippen molar-refractivity contribution < 1.29 is 14.2 Å². The first kappa shape index (κ1) is 24.3. The van der Waals surface area contributed by atoms with Gasteiger partial charge in [-0.25, -0.2) is 9.97 Å². The van der Waals surface area contributed by atoms with Crippen LogP contribution < -0.4 is 24.8 Å². The van der Waals surface area contributed by atoms with Gasteiger partial charge in [-0.1, -0.05) is 35.9 Å². The molecule has 3 aromatic carbocycles. The number of para-hydroxylation sites is 1. The number of thiocarbonyl (C=S) groups is 1. The van der Waals surface area contributed by atoms with Crippen molar-refractivity contribution in [3.8, 4) is 17.2 Å². The second kappa shape index (κ2) is 11.0. The third-order valence-electron chi connectivity index (χ3n) is 5.05. The first-order valence-electron chi connectivity index (χ1n) is 10.6. The number of nitrogens with zero attached hydrogens (tertiary/aromatic N) is 2. The molecule has 0 aliphatic rings. The van der Waals surface area contributed by atoms with E-state index in [0.717, 1.165) is 22.2 Å². The SMILES string of the molecule is COc1cc(/C=C/c2nc(NC(=S)Nc3cccc(Cl)c3)c3ccccc3n2)cc(OC)c1OC. The largest absolute Gasteiger partial charge is 0.493 e. The van der Waals surface area contributed by atoms with Gasteiger partial charge >= 0.3 is 0 Å². The number of halogens is 1. The molecule has 0 saturated heterocycles. The van der Waals surface area contributed by atoms with Crippen LogP contribution in [0.25, 0.3) is 23.1 Å². The van der Waals surface area contributed by atoms with Gasteiger partial charge in [0.25, 0.3) is 0 Å². The van der Waals surface area contributed by atoms with E-state index in [4.69, 9.17) is 38.0 Å². The van der Waals surface area contributed by atoms with E-state index in [9.17, 15) is 0 Å². The van der Waals surface area contributed by atoms with Gasteiger partial charge in [0.1, 0.15) is 5.82 Å². The average molecular weight is 507 g/mol. The molecule has 0 atom stereocenters. The maximum Gasteiger partial charge on any atom is 0.203 e. The Morgan fingerprint density at radius 1 is 0.857 bits per heavy atom. The first-order chi connectivity index (χ1) is 17.0. The Morgan fingerprint density at radius 2 is 1.60 bits per heavy atom. The number of aromatic nitrogens is 2. The van der Waals surface area contributed by atoms with Crippen LogP contribution in [0, 0.1) is 0 Å². The molecule has 0 radical (unpaired) electrons. The Labute approximate surface area is 213 Å². The lowest BCUT2D eigenvalue weighted by molar-refractivity contribution is 0.324. The minimum atomic E-state index is 0.385. The summed E-state index contributed by atoms with van der Waals surface area (Å²) in [4.78, 5) is 9.35. The van der Waals surface area contributed by atoms with E-state index in [1.807, 2.05) is 60.7 Å². The van der Waals surface area contributed by atoms with E-state index in [1.165, 1.54) is 0 Å². The number of hydrogen-bond donors (Lipinski definition) is 2. The van der Waals surface area contributed by atoms with E-state index >= 15 is 0 Å². The number of hydrogen-bond acceptors (Lipinski definition) is 6. The fourth-order valence-electron chi connectivity index (χ4n) is 3.47. The molecular weight excluding hydrogens is 484 g/mol. The predicted octanol–water partition coefficient (Wildman–Crippen LogP) is 6.29. The lowest BCUT2D eigenvalue weighted by atomic mass is 10.1. The number of fused-ring (bicyclic) bond motifs is 1. The van der Waals surface area contributed by atoms with Crippen molar-refractivity contribution in [1.82, 2.24) is 9.97 Å². The summed E-state index contributed by atoms with van der Waals surface area (Å²) < 4.78 is 16.3. The van der Waals surface area contributed by atoms with Crippen LogP contribution in [0.15, 0.2) is 60.7 Å². The third-order valence-corrected chi connectivity index (χ3v) is 5.49. The van der Waals surface area contributed by atoms with Crippen molar-refractivity contribution in [3.05, 3.63) is 77.1 Å². The lowest BCUT2D eigenvalue weighted by Gasteiger charge is -2.13. The molecule has 4 aromatic rings. The summed E-state index contributed by atoms with van der Waals surface area (Å²) in [5, 5.41) is 8.15. The molecule has 0 bridgehead atoms. The molecule has 0 fully saturated rings. The topological polar surface area (TPSA) is 77.5 Å². The zero-order chi connectivity index (χ0) is 24.8. The molecule has 4 rings (SSSR count). The van der Waals surface area contributed by atoms with Crippen LogP contribution in [-0.2, 0) is 0 Å². The summed E-state index contributed by atoms with van der Waals surface area (Å²) in [5.74, 6) is 2.74. The zero-order valence-corrected chi connectivity index (χ0v) is 20.9. The highest BCUT2D eigenvalue weighted by molar-refractivity contribution is 7.80. The van der Waals surface area contributed by atoms with Crippen LogP contribution in [0.4, 0.5) is 11.5 Å².